The number of piperidine rings is 1. The second-order valence-corrected chi connectivity index (χ2v) is 11.3. The molecule has 1 aromatic carbocycles. The van der Waals surface area contributed by atoms with Gasteiger partial charge in [0.2, 0.25) is 10.0 Å². The molecule has 1 spiro atoms. The average molecular weight is 480 g/mol. The highest BCUT2D eigenvalue weighted by Gasteiger charge is 2.50. The van der Waals surface area contributed by atoms with Gasteiger partial charge in [0.25, 0.3) is 0 Å². The molecule has 2 saturated heterocycles. The summed E-state index contributed by atoms with van der Waals surface area (Å²) in [7, 11) is -3.49. The number of carbonyl (C=O) groups excluding carboxylic acids is 1. The van der Waals surface area contributed by atoms with Gasteiger partial charge in [-0.3, -0.25) is 0 Å². The van der Waals surface area contributed by atoms with Gasteiger partial charge in [-0.1, -0.05) is 30.3 Å². The van der Waals surface area contributed by atoms with Crippen molar-refractivity contribution in [3.8, 4) is 0 Å². The monoisotopic (exact) mass is 479 g/mol. The number of likely N-dealkylation sites (tertiary alicyclic amines) is 1. The van der Waals surface area contributed by atoms with Gasteiger partial charge in [0.05, 0.1) is 43.3 Å². The number of benzene rings is 1. The van der Waals surface area contributed by atoms with Crippen LogP contribution in [0.3, 0.4) is 0 Å². The molecule has 4 rings (SSSR count). The van der Waals surface area contributed by atoms with E-state index in [1.807, 2.05) is 13.0 Å². The van der Waals surface area contributed by atoms with Crippen molar-refractivity contribution in [3.63, 3.8) is 0 Å². The third-order valence-corrected chi connectivity index (χ3v) is 8.70. The van der Waals surface area contributed by atoms with Crippen molar-refractivity contribution >= 4 is 16.1 Å². The van der Waals surface area contributed by atoms with Gasteiger partial charge in [0.1, 0.15) is 0 Å². The molecule has 0 bridgehead atoms. The summed E-state index contributed by atoms with van der Waals surface area (Å²) in [5, 5.41) is 2.88. The highest BCUT2D eigenvalue weighted by Crippen LogP contribution is 2.36. The van der Waals surface area contributed by atoms with Crippen LogP contribution >= 0.6 is 0 Å². The lowest BCUT2D eigenvalue weighted by Crippen LogP contribution is -2.70. The van der Waals surface area contributed by atoms with Crippen molar-refractivity contribution in [1.82, 2.24) is 14.9 Å². The summed E-state index contributed by atoms with van der Waals surface area (Å²) in [4.78, 5) is 14.6. The second-order valence-electron chi connectivity index (χ2n) is 9.50. The van der Waals surface area contributed by atoms with E-state index in [1.165, 1.54) is 5.56 Å². The molecule has 9 heteroatoms. The van der Waals surface area contributed by atoms with E-state index in [0.717, 1.165) is 25.7 Å². The standard InChI is InChI=1S/C24H37N3O5S/c1-2-25-23(28)27-14-6-13-24(18-31-15-16-33(29,30)26-24)22(27)17-32-21-11-9-20(10-12-21)19-7-4-3-5-8-19/h3-5,7-8,20-22,26H,2,6,9-18H2,1H3,(H,25,28)/t20?,21?,22-,24+/m0/s1. The predicted molar refractivity (Wildman–Crippen MR) is 127 cm³/mol. The van der Waals surface area contributed by atoms with Crippen LogP contribution in [0.25, 0.3) is 0 Å². The zero-order valence-electron chi connectivity index (χ0n) is 19.5. The first-order chi connectivity index (χ1) is 15.9. The Kier molecular flexibility index (Phi) is 7.94. The topological polar surface area (TPSA) is 97.0 Å². The minimum atomic E-state index is -3.49. The highest BCUT2D eigenvalue weighted by atomic mass is 32.2. The van der Waals surface area contributed by atoms with Gasteiger partial charge in [-0.25, -0.2) is 17.9 Å². The zero-order chi connectivity index (χ0) is 23.3. The molecule has 2 N–H and O–H groups in total. The number of urea groups is 1. The first-order valence-corrected chi connectivity index (χ1v) is 13.9. The number of nitrogens with zero attached hydrogens (tertiary/aromatic N) is 1. The Morgan fingerprint density at radius 1 is 1.24 bits per heavy atom. The predicted octanol–water partition coefficient (Wildman–Crippen LogP) is 2.61. The number of hydrogen-bond acceptors (Lipinski definition) is 5. The van der Waals surface area contributed by atoms with Gasteiger partial charge < -0.3 is 19.7 Å². The molecule has 1 aliphatic carbocycles. The molecule has 1 saturated carbocycles. The number of rotatable bonds is 5. The summed E-state index contributed by atoms with van der Waals surface area (Å²) in [5.41, 5.74) is 0.523. The number of hydrogen-bond donors (Lipinski definition) is 2. The van der Waals surface area contributed by atoms with Crippen LogP contribution in [-0.2, 0) is 19.5 Å². The molecule has 2 heterocycles. The summed E-state index contributed by atoms with van der Waals surface area (Å²) in [6.45, 7) is 3.67. The first-order valence-electron chi connectivity index (χ1n) is 12.2. The lowest BCUT2D eigenvalue weighted by atomic mass is 9.81. The van der Waals surface area contributed by atoms with Crippen LogP contribution in [0.15, 0.2) is 30.3 Å². The summed E-state index contributed by atoms with van der Waals surface area (Å²) in [6.07, 6.45) is 5.51. The molecule has 0 radical (unpaired) electrons. The fourth-order valence-electron chi connectivity index (χ4n) is 5.55. The van der Waals surface area contributed by atoms with Crippen molar-refractivity contribution < 1.29 is 22.7 Å². The van der Waals surface area contributed by atoms with Gasteiger partial charge >= 0.3 is 6.03 Å². The summed E-state index contributed by atoms with van der Waals surface area (Å²) in [6, 6.07) is 10.0. The minimum absolute atomic E-state index is 0.0625. The lowest BCUT2D eigenvalue weighted by Gasteiger charge is -2.49. The van der Waals surface area contributed by atoms with Gasteiger partial charge in [0.15, 0.2) is 0 Å². The van der Waals surface area contributed by atoms with Crippen molar-refractivity contribution in [2.45, 2.75) is 69.1 Å². The Morgan fingerprint density at radius 2 is 2.00 bits per heavy atom. The molecule has 2 amide bonds. The Morgan fingerprint density at radius 3 is 2.73 bits per heavy atom. The first kappa shape index (κ1) is 24.4. The van der Waals surface area contributed by atoms with Crippen molar-refractivity contribution in [1.29, 1.82) is 0 Å². The van der Waals surface area contributed by atoms with Gasteiger partial charge in [-0.2, -0.15) is 0 Å². The fraction of sp³-hybridized carbons (Fsp3) is 0.708. The van der Waals surface area contributed by atoms with E-state index in [1.54, 1.807) is 4.90 Å². The molecular weight excluding hydrogens is 442 g/mol. The molecule has 1 aromatic rings. The molecule has 3 fully saturated rings. The number of nitrogens with one attached hydrogen (secondary N) is 2. The molecule has 33 heavy (non-hydrogen) atoms. The molecular formula is C24H37N3O5S. The van der Waals surface area contributed by atoms with E-state index in [9.17, 15) is 13.2 Å². The second kappa shape index (κ2) is 10.7. The van der Waals surface area contributed by atoms with E-state index in [0.29, 0.717) is 38.5 Å². The smallest absolute Gasteiger partial charge is 0.317 e. The van der Waals surface area contributed by atoms with Crippen LogP contribution in [0.2, 0.25) is 0 Å². The number of amides is 2. The number of ether oxygens (including phenoxy) is 2. The average Bonchev–Trinajstić information content (AvgIpc) is 2.97. The molecule has 8 nitrogen and oxygen atoms in total. The van der Waals surface area contributed by atoms with Gasteiger partial charge in [-0.05, 0) is 56.9 Å². The molecule has 0 aromatic heterocycles. The Hall–Kier alpha value is -1.68. The summed E-state index contributed by atoms with van der Waals surface area (Å²) >= 11 is 0. The zero-order valence-corrected chi connectivity index (χ0v) is 20.3. The van der Waals surface area contributed by atoms with Crippen LogP contribution in [0, 0.1) is 0 Å². The SMILES string of the molecule is CCNC(=O)N1CCC[C@@]2(COCCS(=O)(=O)N2)[C@@H]1COC1CCC(c2ccccc2)CC1. The minimum Gasteiger partial charge on any atom is -0.378 e. The fourth-order valence-corrected chi connectivity index (χ4v) is 6.90. The third-order valence-electron chi connectivity index (χ3n) is 7.27. The molecule has 2 aliphatic heterocycles. The molecule has 0 unspecified atom stereocenters. The molecule has 184 valence electrons. The Bertz CT molecular complexity index is 889. The van der Waals surface area contributed by atoms with E-state index in [-0.39, 0.29) is 31.1 Å². The Balaban J connectivity index is 1.46. The maximum Gasteiger partial charge on any atom is 0.317 e. The maximum absolute atomic E-state index is 12.9. The van der Waals surface area contributed by atoms with Crippen LogP contribution in [0.1, 0.15) is 56.9 Å². The van der Waals surface area contributed by atoms with Crippen LogP contribution in [0.4, 0.5) is 4.79 Å². The van der Waals surface area contributed by atoms with Crippen molar-refractivity contribution in [2.75, 3.05) is 38.7 Å². The van der Waals surface area contributed by atoms with Gasteiger partial charge in [-0.15, -0.1) is 0 Å². The quantitative estimate of drug-likeness (QED) is 0.677. The van der Waals surface area contributed by atoms with E-state index in [2.05, 4.69) is 34.3 Å². The summed E-state index contributed by atoms with van der Waals surface area (Å²) < 4.78 is 40.3. The maximum atomic E-state index is 12.9. The van der Waals surface area contributed by atoms with Crippen LogP contribution < -0.4 is 10.0 Å². The normalized spacial score (nSPS) is 32.3. The third kappa shape index (κ3) is 5.88. The van der Waals surface area contributed by atoms with Crippen LogP contribution in [-0.4, -0.2) is 75.7 Å². The largest absolute Gasteiger partial charge is 0.378 e. The lowest BCUT2D eigenvalue weighted by molar-refractivity contribution is -0.0533. The van der Waals surface area contributed by atoms with E-state index < -0.39 is 21.6 Å². The van der Waals surface area contributed by atoms with Crippen molar-refractivity contribution in [3.05, 3.63) is 35.9 Å². The molecule has 3 aliphatic rings. The highest BCUT2D eigenvalue weighted by molar-refractivity contribution is 7.89. The molecule has 2 atom stereocenters. The van der Waals surface area contributed by atoms with E-state index >= 15 is 0 Å². The van der Waals surface area contributed by atoms with Gasteiger partial charge in [0, 0.05) is 13.1 Å². The van der Waals surface area contributed by atoms with Crippen molar-refractivity contribution in [2.24, 2.45) is 0 Å². The summed E-state index contributed by atoms with van der Waals surface area (Å²) in [5.74, 6) is 0.494. The van der Waals surface area contributed by atoms with Crippen LogP contribution in [0.5, 0.6) is 0 Å². The Labute approximate surface area is 197 Å². The number of carbonyl (C=O) groups is 1. The number of sulfonamides is 1. The van der Waals surface area contributed by atoms with E-state index in [4.69, 9.17) is 9.47 Å².